The van der Waals surface area contributed by atoms with Crippen molar-refractivity contribution in [2.45, 2.75) is 110 Å². The molecule has 0 saturated carbocycles. The highest BCUT2D eigenvalue weighted by Gasteiger charge is 2.22. The van der Waals surface area contributed by atoms with Crippen LogP contribution in [0.4, 0.5) is 0 Å². The van der Waals surface area contributed by atoms with Crippen molar-refractivity contribution >= 4 is 8.60 Å². The van der Waals surface area contributed by atoms with Crippen LogP contribution in [0.3, 0.4) is 0 Å². The lowest BCUT2D eigenvalue weighted by Crippen LogP contribution is -2.18. The quantitative estimate of drug-likeness (QED) is 0.124. The maximum Gasteiger partial charge on any atom is 0.327 e. The van der Waals surface area contributed by atoms with Gasteiger partial charge >= 0.3 is 8.60 Å². The molecule has 0 aromatic heterocycles. The third kappa shape index (κ3) is 14.8. The lowest BCUT2D eigenvalue weighted by atomic mass is 9.78. The number of phenolic OH excluding ortho intramolecular Hbond substituents is 2. The second-order valence-electron chi connectivity index (χ2n) is 10.0. The predicted octanol–water partition coefficient (Wildman–Crippen LogP) is 8.73. The van der Waals surface area contributed by atoms with E-state index < -0.39 is 8.60 Å². The number of rotatable bonds is 17. The Morgan fingerprint density at radius 3 is 1.25 bits per heavy atom. The van der Waals surface area contributed by atoms with E-state index >= 15 is 0 Å². The van der Waals surface area contributed by atoms with E-state index in [1.165, 1.54) is 70.6 Å². The molecule has 0 aliphatic carbocycles. The molecule has 2 rings (SSSR count). The molecule has 4 N–H and O–H groups in total. The Morgan fingerprint density at radius 2 is 0.917 bits per heavy atom. The van der Waals surface area contributed by atoms with Gasteiger partial charge in [-0.2, -0.15) is 0 Å². The van der Waals surface area contributed by atoms with E-state index in [1.807, 2.05) is 24.3 Å². The predicted molar refractivity (Wildman–Crippen MR) is 151 cm³/mol. The first kappa shape index (κ1) is 32.4. The van der Waals surface area contributed by atoms with E-state index in [9.17, 15) is 10.2 Å². The van der Waals surface area contributed by atoms with Crippen LogP contribution in [0.25, 0.3) is 0 Å². The first-order valence-corrected chi connectivity index (χ1v) is 14.8. The highest BCUT2D eigenvalue weighted by Crippen LogP contribution is 2.33. The van der Waals surface area contributed by atoms with Crippen LogP contribution in [0, 0.1) is 0 Å². The van der Waals surface area contributed by atoms with Gasteiger partial charge in [0.2, 0.25) is 0 Å². The van der Waals surface area contributed by atoms with Crippen molar-refractivity contribution in [1.82, 2.24) is 0 Å². The van der Waals surface area contributed by atoms with Crippen LogP contribution < -0.4 is 0 Å². The molecule has 0 aliphatic rings. The van der Waals surface area contributed by atoms with Crippen molar-refractivity contribution in [2.75, 3.05) is 6.61 Å². The molecule has 0 fully saturated rings. The molecule has 204 valence electrons. The van der Waals surface area contributed by atoms with Crippen molar-refractivity contribution < 1.29 is 24.5 Å². The summed E-state index contributed by atoms with van der Waals surface area (Å²) < 4.78 is 4.72. The molecule has 2 aromatic carbocycles. The average Bonchev–Trinajstić information content (AvgIpc) is 2.85. The fourth-order valence-corrected chi connectivity index (χ4v) is 4.48. The second kappa shape index (κ2) is 19.5. The maximum atomic E-state index is 9.30. The van der Waals surface area contributed by atoms with E-state index in [0.717, 1.165) is 24.0 Å². The van der Waals surface area contributed by atoms with Gasteiger partial charge in [-0.1, -0.05) is 122 Å². The summed E-state index contributed by atoms with van der Waals surface area (Å²) in [5, 5.41) is 18.6. The summed E-state index contributed by atoms with van der Waals surface area (Å²) in [6.45, 7) is 6.98. The van der Waals surface area contributed by atoms with Crippen LogP contribution in [0.15, 0.2) is 48.5 Å². The monoisotopic (exact) mass is 520 g/mol. The van der Waals surface area contributed by atoms with Crippen LogP contribution in [0.2, 0.25) is 0 Å². The summed E-state index contributed by atoms with van der Waals surface area (Å²) in [6.07, 6.45) is 17.2. The number of benzene rings is 2. The van der Waals surface area contributed by atoms with Gasteiger partial charge in [0.15, 0.2) is 0 Å². The lowest BCUT2D eigenvalue weighted by Gasteiger charge is -2.26. The van der Waals surface area contributed by atoms with Crippen molar-refractivity contribution in [3.05, 3.63) is 59.7 Å². The highest BCUT2D eigenvalue weighted by atomic mass is 31.2. The molecule has 0 heterocycles. The molecule has 0 atom stereocenters. The van der Waals surface area contributed by atoms with Crippen LogP contribution >= 0.6 is 8.60 Å². The van der Waals surface area contributed by atoms with E-state index in [4.69, 9.17) is 14.3 Å². The normalized spacial score (nSPS) is 11.4. The molecular formula is C30H49O5P. The second-order valence-corrected chi connectivity index (χ2v) is 10.8. The Balaban J connectivity index is 0.000000361. The van der Waals surface area contributed by atoms with E-state index in [-0.39, 0.29) is 16.9 Å². The van der Waals surface area contributed by atoms with E-state index in [1.54, 1.807) is 24.3 Å². The molecule has 0 spiro atoms. The van der Waals surface area contributed by atoms with Crippen LogP contribution in [-0.4, -0.2) is 26.6 Å². The van der Waals surface area contributed by atoms with E-state index in [0.29, 0.717) is 6.61 Å². The standard InChI is InChI=1S/C15H33O3P.C15H16O2/c1-2-3-4-5-6-7-8-9-10-11-12-13-14-15-18-19(16)17;1-15(2,11-3-7-13(16)8-4-11)12-5-9-14(17)10-6-12/h16-17H,2-15H2,1H3;3-10,16-17H,1-2H3. The molecule has 0 bridgehead atoms. The number of phenols is 2. The summed E-state index contributed by atoms with van der Waals surface area (Å²) in [4.78, 5) is 17.1. The Labute approximate surface area is 220 Å². The van der Waals surface area contributed by atoms with Crippen molar-refractivity contribution in [1.29, 1.82) is 0 Å². The van der Waals surface area contributed by atoms with Gasteiger partial charge in [-0.05, 0) is 41.8 Å². The zero-order chi connectivity index (χ0) is 26.7. The molecule has 5 nitrogen and oxygen atoms in total. The number of unbranched alkanes of at least 4 members (excludes halogenated alkanes) is 12. The molecule has 6 heteroatoms. The minimum Gasteiger partial charge on any atom is -0.508 e. The van der Waals surface area contributed by atoms with Gasteiger partial charge in [-0.3, -0.25) is 0 Å². The van der Waals surface area contributed by atoms with Crippen LogP contribution in [-0.2, 0) is 9.94 Å². The highest BCUT2D eigenvalue weighted by molar-refractivity contribution is 7.39. The average molecular weight is 521 g/mol. The molecule has 0 aliphatic heterocycles. The third-order valence-electron chi connectivity index (χ3n) is 6.63. The van der Waals surface area contributed by atoms with Gasteiger partial charge < -0.3 is 24.5 Å². The van der Waals surface area contributed by atoms with E-state index in [2.05, 4.69) is 20.8 Å². The first-order valence-electron chi connectivity index (χ1n) is 13.7. The summed E-state index contributed by atoms with van der Waals surface area (Å²) in [5.41, 5.74) is 2.10. The summed E-state index contributed by atoms with van der Waals surface area (Å²) in [6, 6.07) is 14.4. The molecule has 0 amide bonds. The van der Waals surface area contributed by atoms with Crippen molar-refractivity contribution in [3.8, 4) is 11.5 Å². The Hall–Kier alpha value is -1.65. The van der Waals surface area contributed by atoms with Gasteiger partial charge in [0, 0.05) is 5.41 Å². The van der Waals surface area contributed by atoms with Gasteiger partial charge in [0.25, 0.3) is 0 Å². The molecule has 0 unspecified atom stereocenters. The molecule has 36 heavy (non-hydrogen) atoms. The lowest BCUT2D eigenvalue weighted by molar-refractivity contribution is 0.248. The Bertz CT molecular complexity index is 727. The maximum absolute atomic E-state index is 9.30. The van der Waals surface area contributed by atoms with Gasteiger partial charge in [0.05, 0.1) is 6.61 Å². The summed E-state index contributed by atoms with van der Waals surface area (Å²) in [7, 11) is -2.14. The zero-order valence-corrected chi connectivity index (χ0v) is 23.6. The topological polar surface area (TPSA) is 90.2 Å². The van der Waals surface area contributed by atoms with Gasteiger partial charge in [0.1, 0.15) is 11.5 Å². The van der Waals surface area contributed by atoms with Crippen LogP contribution in [0.5, 0.6) is 11.5 Å². The SMILES string of the molecule is CC(C)(c1ccc(O)cc1)c1ccc(O)cc1.CCCCCCCCCCCCCCCOP(O)O. The fourth-order valence-electron chi connectivity index (χ4n) is 4.19. The first-order chi connectivity index (χ1) is 17.3. The third-order valence-corrected chi connectivity index (χ3v) is 7.05. The number of hydrogen-bond acceptors (Lipinski definition) is 5. The summed E-state index contributed by atoms with van der Waals surface area (Å²) in [5.74, 6) is 0.547. The molecule has 0 radical (unpaired) electrons. The number of aromatic hydroxyl groups is 2. The largest absolute Gasteiger partial charge is 0.508 e. The van der Waals surface area contributed by atoms with Gasteiger partial charge in [-0.25, -0.2) is 0 Å². The smallest absolute Gasteiger partial charge is 0.327 e. The molecular weight excluding hydrogens is 471 g/mol. The Kier molecular flexibility index (Phi) is 17.5. The minimum absolute atomic E-state index is 0.151. The van der Waals surface area contributed by atoms with Gasteiger partial charge in [-0.15, -0.1) is 0 Å². The van der Waals surface area contributed by atoms with Crippen molar-refractivity contribution in [3.63, 3.8) is 0 Å². The fraction of sp³-hybridized carbons (Fsp3) is 0.600. The summed E-state index contributed by atoms with van der Waals surface area (Å²) >= 11 is 0. The van der Waals surface area contributed by atoms with Crippen LogP contribution in [0.1, 0.15) is 115 Å². The minimum atomic E-state index is -2.14. The molecule has 2 aromatic rings. The zero-order valence-electron chi connectivity index (χ0n) is 22.7. The van der Waals surface area contributed by atoms with Crippen molar-refractivity contribution in [2.24, 2.45) is 0 Å². The Morgan fingerprint density at radius 1 is 0.583 bits per heavy atom. The number of hydrogen-bond donors (Lipinski definition) is 4. The molecule has 0 saturated heterocycles.